The minimum atomic E-state index is 0.284. The third kappa shape index (κ3) is 2.62. The molecular weight excluding hydrogens is 314 g/mol. The number of hydrogen-bond acceptors (Lipinski definition) is 2. The van der Waals surface area contributed by atoms with Crippen LogP contribution in [0.5, 0.6) is 0 Å². The Hall–Kier alpha value is -1.65. The molecule has 0 bridgehead atoms. The van der Waals surface area contributed by atoms with Crippen LogP contribution in [0.15, 0.2) is 53.3 Å². The van der Waals surface area contributed by atoms with Gasteiger partial charge in [-0.15, -0.1) is 0 Å². The van der Waals surface area contributed by atoms with E-state index in [1.807, 2.05) is 18.3 Å². The Morgan fingerprint density at radius 1 is 1.25 bits per heavy atom. The zero-order chi connectivity index (χ0) is 13.9. The van der Waals surface area contributed by atoms with Crippen LogP contribution < -0.4 is 5.32 Å². The largest absolute Gasteiger partial charge is 0.346 e. The molecule has 1 atom stereocenters. The molecule has 2 aromatic heterocycles. The van der Waals surface area contributed by atoms with Crippen molar-refractivity contribution in [2.75, 3.05) is 0 Å². The van der Waals surface area contributed by atoms with Gasteiger partial charge in [0.1, 0.15) is 5.65 Å². The van der Waals surface area contributed by atoms with Crippen LogP contribution in [0.4, 0.5) is 0 Å². The Morgan fingerprint density at radius 2 is 2.10 bits per heavy atom. The first-order valence-corrected chi connectivity index (χ1v) is 7.44. The van der Waals surface area contributed by atoms with Crippen LogP contribution in [0.3, 0.4) is 0 Å². The number of pyridine rings is 1. The van der Waals surface area contributed by atoms with Crippen LogP contribution in [0.25, 0.3) is 11.0 Å². The molecule has 0 saturated heterocycles. The molecular formula is C16H16BrN3. The van der Waals surface area contributed by atoms with Crippen molar-refractivity contribution >= 4 is 27.0 Å². The minimum absolute atomic E-state index is 0.284. The highest BCUT2D eigenvalue weighted by Gasteiger charge is 2.09. The third-order valence-corrected chi connectivity index (χ3v) is 4.23. The SMILES string of the molecule is CC(NCc1c[nH]c2ncccc12)c1ccccc1Br. The van der Waals surface area contributed by atoms with Gasteiger partial charge in [-0.05, 0) is 36.2 Å². The molecule has 0 aliphatic carbocycles. The van der Waals surface area contributed by atoms with Crippen LogP contribution in [-0.2, 0) is 6.54 Å². The van der Waals surface area contributed by atoms with Crippen molar-refractivity contribution < 1.29 is 0 Å². The number of aromatic nitrogens is 2. The summed E-state index contributed by atoms with van der Waals surface area (Å²) in [5.41, 5.74) is 3.45. The van der Waals surface area contributed by atoms with E-state index in [2.05, 4.69) is 62.4 Å². The second-order valence-electron chi connectivity index (χ2n) is 4.84. The molecule has 3 rings (SSSR count). The Labute approximate surface area is 126 Å². The van der Waals surface area contributed by atoms with Crippen LogP contribution in [0.1, 0.15) is 24.1 Å². The van der Waals surface area contributed by atoms with Gasteiger partial charge in [-0.2, -0.15) is 0 Å². The molecule has 1 aromatic carbocycles. The van der Waals surface area contributed by atoms with Crippen molar-refractivity contribution in [3.8, 4) is 0 Å². The molecule has 0 saturated carbocycles. The minimum Gasteiger partial charge on any atom is -0.346 e. The average molecular weight is 330 g/mol. The molecule has 4 heteroatoms. The van der Waals surface area contributed by atoms with Gasteiger partial charge in [-0.3, -0.25) is 0 Å². The smallest absolute Gasteiger partial charge is 0.137 e. The first-order valence-electron chi connectivity index (χ1n) is 6.64. The maximum absolute atomic E-state index is 4.31. The van der Waals surface area contributed by atoms with Crippen molar-refractivity contribution in [2.24, 2.45) is 0 Å². The van der Waals surface area contributed by atoms with Crippen molar-refractivity contribution in [3.05, 3.63) is 64.4 Å². The highest BCUT2D eigenvalue weighted by atomic mass is 79.9. The number of benzene rings is 1. The number of aromatic amines is 1. The summed E-state index contributed by atoms with van der Waals surface area (Å²) in [5, 5.41) is 4.74. The summed E-state index contributed by atoms with van der Waals surface area (Å²) in [4.78, 5) is 7.51. The van der Waals surface area contributed by atoms with Gasteiger partial charge < -0.3 is 10.3 Å². The number of H-pyrrole nitrogens is 1. The van der Waals surface area contributed by atoms with Crippen LogP contribution >= 0.6 is 15.9 Å². The van der Waals surface area contributed by atoms with E-state index in [1.54, 1.807) is 6.20 Å². The topological polar surface area (TPSA) is 40.7 Å². The summed E-state index contributed by atoms with van der Waals surface area (Å²) in [6.07, 6.45) is 3.83. The predicted octanol–water partition coefficient (Wildman–Crippen LogP) is 4.18. The van der Waals surface area contributed by atoms with Crippen LogP contribution in [0, 0.1) is 0 Å². The molecule has 2 heterocycles. The molecule has 0 aliphatic heterocycles. The van der Waals surface area contributed by atoms with Crippen LogP contribution in [-0.4, -0.2) is 9.97 Å². The van der Waals surface area contributed by atoms with Crippen molar-refractivity contribution in [3.63, 3.8) is 0 Å². The number of halogens is 1. The van der Waals surface area contributed by atoms with E-state index in [-0.39, 0.29) is 6.04 Å². The van der Waals surface area contributed by atoms with Gasteiger partial charge in [0.25, 0.3) is 0 Å². The Morgan fingerprint density at radius 3 is 2.95 bits per heavy atom. The molecule has 0 radical (unpaired) electrons. The lowest BCUT2D eigenvalue weighted by Gasteiger charge is -2.15. The van der Waals surface area contributed by atoms with E-state index >= 15 is 0 Å². The maximum atomic E-state index is 4.31. The van der Waals surface area contributed by atoms with Gasteiger partial charge in [0, 0.05) is 34.8 Å². The van der Waals surface area contributed by atoms with Gasteiger partial charge in [0.05, 0.1) is 0 Å². The fraction of sp³-hybridized carbons (Fsp3) is 0.188. The highest BCUT2D eigenvalue weighted by molar-refractivity contribution is 9.10. The number of fused-ring (bicyclic) bond motifs is 1. The summed E-state index contributed by atoms with van der Waals surface area (Å²) in [6.45, 7) is 2.99. The predicted molar refractivity (Wildman–Crippen MR) is 85.5 cm³/mol. The van der Waals surface area contributed by atoms with Crippen molar-refractivity contribution in [1.29, 1.82) is 0 Å². The van der Waals surface area contributed by atoms with Crippen molar-refractivity contribution in [1.82, 2.24) is 15.3 Å². The lowest BCUT2D eigenvalue weighted by molar-refractivity contribution is 0.574. The second-order valence-corrected chi connectivity index (χ2v) is 5.69. The summed E-state index contributed by atoms with van der Waals surface area (Å²) in [7, 11) is 0. The van der Waals surface area contributed by atoms with Gasteiger partial charge in [-0.25, -0.2) is 4.98 Å². The molecule has 102 valence electrons. The van der Waals surface area contributed by atoms with E-state index in [1.165, 1.54) is 16.5 Å². The number of nitrogens with zero attached hydrogens (tertiary/aromatic N) is 1. The molecule has 3 aromatic rings. The molecule has 0 fully saturated rings. The second kappa shape index (κ2) is 5.77. The lowest BCUT2D eigenvalue weighted by atomic mass is 10.1. The summed E-state index contributed by atoms with van der Waals surface area (Å²) >= 11 is 3.60. The summed E-state index contributed by atoms with van der Waals surface area (Å²) in [5.74, 6) is 0. The van der Waals surface area contributed by atoms with E-state index < -0.39 is 0 Å². The third-order valence-electron chi connectivity index (χ3n) is 3.51. The molecule has 0 spiro atoms. The van der Waals surface area contributed by atoms with E-state index in [0.717, 1.165) is 16.7 Å². The van der Waals surface area contributed by atoms with E-state index in [4.69, 9.17) is 0 Å². The van der Waals surface area contributed by atoms with Crippen molar-refractivity contribution in [2.45, 2.75) is 19.5 Å². The first-order chi connectivity index (χ1) is 9.75. The number of rotatable bonds is 4. The van der Waals surface area contributed by atoms with Gasteiger partial charge in [0.2, 0.25) is 0 Å². The molecule has 3 nitrogen and oxygen atoms in total. The monoisotopic (exact) mass is 329 g/mol. The zero-order valence-electron chi connectivity index (χ0n) is 11.2. The molecule has 0 amide bonds. The fourth-order valence-electron chi connectivity index (χ4n) is 2.36. The Kier molecular flexibility index (Phi) is 3.85. The molecule has 1 unspecified atom stereocenters. The number of hydrogen-bond donors (Lipinski definition) is 2. The lowest BCUT2D eigenvalue weighted by Crippen LogP contribution is -2.18. The Bertz CT molecular complexity index is 720. The summed E-state index contributed by atoms with van der Waals surface area (Å²) < 4.78 is 1.14. The van der Waals surface area contributed by atoms with Gasteiger partial charge >= 0.3 is 0 Å². The van der Waals surface area contributed by atoms with E-state index in [9.17, 15) is 0 Å². The quantitative estimate of drug-likeness (QED) is 0.753. The van der Waals surface area contributed by atoms with Gasteiger partial charge in [0.15, 0.2) is 0 Å². The van der Waals surface area contributed by atoms with Crippen LogP contribution in [0.2, 0.25) is 0 Å². The van der Waals surface area contributed by atoms with E-state index in [0.29, 0.717) is 0 Å². The number of nitrogens with one attached hydrogen (secondary N) is 2. The average Bonchev–Trinajstić information content (AvgIpc) is 2.88. The Balaban J connectivity index is 1.75. The molecule has 0 aliphatic rings. The first kappa shape index (κ1) is 13.3. The maximum Gasteiger partial charge on any atom is 0.137 e. The molecule has 2 N–H and O–H groups in total. The summed E-state index contributed by atoms with van der Waals surface area (Å²) in [6, 6.07) is 12.7. The zero-order valence-corrected chi connectivity index (χ0v) is 12.8. The fourth-order valence-corrected chi connectivity index (χ4v) is 2.99. The normalized spacial score (nSPS) is 12.7. The highest BCUT2D eigenvalue weighted by Crippen LogP contribution is 2.23. The van der Waals surface area contributed by atoms with Gasteiger partial charge in [-0.1, -0.05) is 34.1 Å². The standard InChI is InChI=1S/C16H16BrN3/c1-11(13-5-2-3-7-15(13)17)19-9-12-10-20-16-14(12)6-4-8-18-16/h2-8,10-11,19H,9H2,1H3,(H,18,20). The molecule has 20 heavy (non-hydrogen) atoms.